The van der Waals surface area contributed by atoms with Gasteiger partial charge in [0.25, 0.3) is 5.91 Å². The normalized spacial score (nSPS) is 10.6. The number of hydrogen-bond donors (Lipinski definition) is 1. The third kappa shape index (κ3) is 3.13. The van der Waals surface area contributed by atoms with Crippen molar-refractivity contribution in [2.45, 2.75) is 20.8 Å². The first kappa shape index (κ1) is 15.0. The van der Waals surface area contributed by atoms with Crippen LogP contribution in [0, 0.1) is 20.8 Å². The number of amides is 1. The third-order valence-electron chi connectivity index (χ3n) is 3.69. The van der Waals surface area contributed by atoms with Gasteiger partial charge in [-0.3, -0.25) is 9.36 Å². The number of anilines is 1. The van der Waals surface area contributed by atoms with Gasteiger partial charge < -0.3 is 5.32 Å². The molecular formula is C18H18N4O. The summed E-state index contributed by atoms with van der Waals surface area (Å²) in [5, 5.41) is 3.00. The molecule has 23 heavy (non-hydrogen) atoms. The molecule has 3 rings (SSSR count). The molecule has 3 aromatic rings. The molecule has 0 fully saturated rings. The summed E-state index contributed by atoms with van der Waals surface area (Å²) in [6, 6.07) is 7.57. The van der Waals surface area contributed by atoms with Crippen molar-refractivity contribution in [3.05, 3.63) is 71.4 Å². The number of rotatable bonds is 3. The fraction of sp³-hybridized carbons (Fsp3) is 0.167. The maximum absolute atomic E-state index is 12.6. The number of imidazole rings is 1. The van der Waals surface area contributed by atoms with Gasteiger partial charge in [-0.2, -0.15) is 0 Å². The first-order chi connectivity index (χ1) is 11.0. The molecular weight excluding hydrogens is 288 g/mol. The topological polar surface area (TPSA) is 59.8 Å². The lowest BCUT2D eigenvalue weighted by molar-refractivity contribution is 0.102. The van der Waals surface area contributed by atoms with E-state index in [9.17, 15) is 4.79 Å². The summed E-state index contributed by atoms with van der Waals surface area (Å²) in [6.45, 7) is 6.05. The lowest BCUT2D eigenvalue weighted by atomic mass is 10.0. The second-order valence-electron chi connectivity index (χ2n) is 5.60. The van der Waals surface area contributed by atoms with Gasteiger partial charge in [0.2, 0.25) is 0 Å². The van der Waals surface area contributed by atoms with Crippen molar-refractivity contribution in [3.63, 3.8) is 0 Å². The average molecular weight is 306 g/mol. The highest BCUT2D eigenvalue weighted by molar-refractivity contribution is 6.05. The standard InChI is InChI=1S/C18H18N4O/c1-12-8-13(2)17(14(3)9-12)21-18(23)15-4-5-20-16(10-15)22-7-6-19-11-22/h4-11H,1-3H3,(H,21,23). The van der Waals surface area contributed by atoms with E-state index in [2.05, 4.69) is 27.4 Å². The van der Waals surface area contributed by atoms with Crippen molar-refractivity contribution in [1.82, 2.24) is 14.5 Å². The van der Waals surface area contributed by atoms with Gasteiger partial charge in [0.15, 0.2) is 0 Å². The van der Waals surface area contributed by atoms with Crippen molar-refractivity contribution >= 4 is 11.6 Å². The lowest BCUT2D eigenvalue weighted by Gasteiger charge is -2.13. The van der Waals surface area contributed by atoms with Crippen LogP contribution in [0.5, 0.6) is 0 Å². The molecule has 0 atom stereocenters. The largest absolute Gasteiger partial charge is 0.322 e. The number of pyridine rings is 1. The predicted molar refractivity (Wildman–Crippen MR) is 90.0 cm³/mol. The summed E-state index contributed by atoms with van der Waals surface area (Å²) in [6.07, 6.45) is 6.74. The number of hydrogen-bond acceptors (Lipinski definition) is 3. The molecule has 0 saturated heterocycles. The maximum atomic E-state index is 12.6. The highest BCUT2D eigenvalue weighted by Crippen LogP contribution is 2.22. The van der Waals surface area contributed by atoms with E-state index in [1.54, 1.807) is 41.6 Å². The average Bonchev–Trinajstić information content (AvgIpc) is 3.05. The number of aryl methyl sites for hydroxylation is 3. The summed E-state index contributed by atoms with van der Waals surface area (Å²) in [5.74, 6) is 0.510. The van der Waals surface area contributed by atoms with Crippen LogP contribution in [-0.4, -0.2) is 20.4 Å². The second kappa shape index (κ2) is 6.04. The van der Waals surface area contributed by atoms with Crippen LogP contribution in [0.25, 0.3) is 5.82 Å². The van der Waals surface area contributed by atoms with Crippen LogP contribution < -0.4 is 5.32 Å². The maximum Gasteiger partial charge on any atom is 0.255 e. The van der Waals surface area contributed by atoms with Crippen molar-refractivity contribution in [3.8, 4) is 5.82 Å². The van der Waals surface area contributed by atoms with Gasteiger partial charge in [-0.15, -0.1) is 0 Å². The molecule has 5 heteroatoms. The summed E-state index contributed by atoms with van der Waals surface area (Å²) in [5.41, 5.74) is 4.72. The van der Waals surface area contributed by atoms with Crippen LogP contribution in [-0.2, 0) is 0 Å². The lowest BCUT2D eigenvalue weighted by Crippen LogP contribution is -2.14. The van der Waals surface area contributed by atoms with E-state index < -0.39 is 0 Å². The Balaban J connectivity index is 1.89. The highest BCUT2D eigenvalue weighted by Gasteiger charge is 2.11. The van der Waals surface area contributed by atoms with E-state index in [-0.39, 0.29) is 5.91 Å². The van der Waals surface area contributed by atoms with E-state index in [0.717, 1.165) is 16.8 Å². The van der Waals surface area contributed by atoms with Gasteiger partial charge in [-0.05, 0) is 44.0 Å². The number of carbonyl (C=O) groups is 1. The zero-order valence-corrected chi connectivity index (χ0v) is 13.4. The Labute approximate surface area is 135 Å². The Hall–Kier alpha value is -2.95. The van der Waals surface area contributed by atoms with Crippen molar-refractivity contribution < 1.29 is 4.79 Å². The van der Waals surface area contributed by atoms with E-state index in [1.807, 2.05) is 20.8 Å². The molecule has 0 bridgehead atoms. The summed E-state index contributed by atoms with van der Waals surface area (Å²) in [7, 11) is 0. The molecule has 116 valence electrons. The van der Waals surface area contributed by atoms with Crippen LogP contribution in [0.2, 0.25) is 0 Å². The minimum atomic E-state index is -0.149. The van der Waals surface area contributed by atoms with Crippen molar-refractivity contribution in [1.29, 1.82) is 0 Å². The van der Waals surface area contributed by atoms with Gasteiger partial charge >= 0.3 is 0 Å². The Morgan fingerprint density at radius 3 is 2.48 bits per heavy atom. The number of aromatic nitrogens is 3. The van der Waals surface area contributed by atoms with E-state index in [1.165, 1.54) is 5.56 Å². The quantitative estimate of drug-likeness (QED) is 0.806. The van der Waals surface area contributed by atoms with Crippen LogP contribution in [0.15, 0.2) is 49.2 Å². The molecule has 0 unspecified atom stereocenters. The number of nitrogens with one attached hydrogen (secondary N) is 1. The fourth-order valence-corrected chi connectivity index (χ4v) is 2.66. The van der Waals surface area contributed by atoms with Gasteiger partial charge in [-0.1, -0.05) is 17.7 Å². The number of carbonyl (C=O) groups excluding carboxylic acids is 1. The van der Waals surface area contributed by atoms with Crippen molar-refractivity contribution in [2.24, 2.45) is 0 Å². The van der Waals surface area contributed by atoms with Gasteiger partial charge in [0.05, 0.1) is 0 Å². The highest BCUT2D eigenvalue weighted by atomic mass is 16.1. The molecule has 0 saturated carbocycles. The second-order valence-corrected chi connectivity index (χ2v) is 5.60. The van der Waals surface area contributed by atoms with Crippen LogP contribution in [0.3, 0.4) is 0 Å². The molecule has 0 aliphatic carbocycles. The number of benzene rings is 1. The zero-order valence-electron chi connectivity index (χ0n) is 13.4. The van der Waals surface area contributed by atoms with Crippen molar-refractivity contribution in [2.75, 3.05) is 5.32 Å². The first-order valence-electron chi connectivity index (χ1n) is 7.38. The molecule has 1 aromatic carbocycles. The minimum absolute atomic E-state index is 0.149. The Kier molecular flexibility index (Phi) is 3.93. The summed E-state index contributed by atoms with van der Waals surface area (Å²) in [4.78, 5) is 20.8. The Morgan fingerprint density at radius 2 is 1.83 bits per heavy atom. The van der Waals surface area contributed by atoms with Gasteiger partial charge in [-0.25, -0.2) is 9.97 Å². The molecule has 1 amide bonds. The fourth-order valence-electron chi connectivity index (χ4n) is 2.66. The number of nitrogens with zero attached hydrogens (tertiary/aromatic N) is 3. The van der Waals surface area contributed by atoms with Gasteiger partial charge in [0, 0.05) is 29.8 Å². The monoisotopic (exact) mass is 306 g/mol. The van der Waals surface area contributed by atoms with Crippen LogP contribution >= 0.6 is 0 Å². The Morgan fingerprint density at radius 1 is 1.09 bits per heavy atom. The summed E-state index contributed by atoms with van der Waals surface area (Å²) < 4.78 is 1.76. The van der Waals surface area contributed by atoms with Gasteiger partial charge in [0.1, 0.15) is 12.1 Å². The molecule has 5 nitrogen and oxygen atoms in total. The third-order valence-corrected chi connectivity index (χ3v) is 3.69. The molecule has 0 spiro atoms. The zero-order chi connectivity index (χ0) is 16.4. The first-order valence-corrected chi connectivity index (χ1v) is 7.38. The summed E-state index contributed by atoms with van der Waals surface area (Å²) >= 11 is 0. The molecule has 0 aliphatic rings. The van der Waals surface area contributed by atoms with E-state index in [4.69, 9.17) is 0 Å². The molecule has 0 radical (unpaired) electrons. The van der Waals surface area contributed by atoms with E-state index in [0.29, 0.717) is 11.4 Å². The van der Waals surface area contributed by atoms with E-state index >= 15 is 0 Å². The van der Waals surface area contributed by atoms with Crippen LogP contribution in [0.4, 0.5) is 5.69 Å². The molecule has 2 aromatic heterocycles. The smallest absolute Gasteiger partial charge is 0.255 e. The predicted octanol–water partition coefficient (Wildman–Crippen LogP) is 3.44. The minimum Gasteiger partial charge on any atom is -0.322 e. The molecule has 2 heterocycles. The molecule has 0 aliphatic heterocycles. The SMILES string of the molecule is Cc1cc(C)c(NC(=O)c2ccnc(-n3ccnc3)c2)c(C)c1. The van der Waals surface area contributed by atoms with Crippen LogP contribution in [0.1, 0.15) is 27.0 Å². The Bertz CT molecular complexity index is 830. The molecule has 1 N–H and O–H groups in total.